The summed E-state index contributed by atoms with van der Waals surface area (Å²) in [5.41, 5.74) is 1.39. The summed E-state index contributed by atoms with van der Waals surface area (Å²) in [6, 6.07) is 26.4. The maximum atomic E-state index is 13.0. The zero-order valence-corrected chi connectivity index (χ0v) is 16.5. The van der Waals surface area contributed by atoms with Gasteiger partial charge in [-0.2, -0.15) is 0 Å². The Labute approximate surface area is 166 Å². The number of anilines is 1. The molecule has 0 spiro atoms. The van der Waals surface area contributed by atoms with E-state index in [0.717, 1.165) is 17.0 Å². The van der Waals surface area contributed by atoms with Crippen molar-refractivity contribution in [2.24, 2.45) is 0 Å². The lowest BCUT2D eigenvalue weighted by atomic mass is 10.0. The summed E-state index contributed by atoms with van der Waals surface area (Å²) >= 11 is 0. The van der Waals surface area contributed by atoms with Gasteiger partial charge >= 0.3 is 0 Å². The Bertz CT molecular complexity index is 903. The Balaban J connectivity index is 1.88. The third kappa shape index (κ3) is 5.61. The Morgan fingerprint density at radius 1 is 0.821 bits per heavy atom. The molecule has 0 aromatic heterocycles. The van der Waals surface area contributed by atoms with Crippen LogP contribution in [-0.4, -0.2) is 11.4 Å². The molecule has 1 atom stereocenters. The average Bonchev–Trinajstić information content (AvgIpc) is 2.66. The highest BCUT2D eigenvalue weighted by molar-refractivity contribution is 5.86. The van der Waals surface area contributed by atoms with Crippen molar-refractivity contribution in [1.82, 2.24) is 5.32 Å². The van der Waals surface area contributed by atoms with E-state index in [1.54, 1.807) is 0 Å². The quantitative estimate of drug-likeness (QED) is 0.595. The van der Waals surface area contributed by atoms with E-state index in [-0.39, 0.29) is 11.4 Å². The predicted molar refractivity (Wildman–Crippen MR) is 114 cm³/mol. The fourth-order valence-electron chi connectivity index (χ4n) is 2.83. The molecule has 4 nitrogen and oxygen atoms in total. The van der Waals surface area contributed by atoms with Gasteiger partial charge in [0, 0.05) is 11.2 Å². The van der Waals surface area contributed by atoms with Crippen LogP contribution in [0.3, 0.4) is 0 Å². The molecule has 0 saturated heterocycles. The first-order chi connectivity index (χ1) is 13.4. The first kappa shape index (κ1) is 19.5. The van der Waals surface area contributed by atoms with Gasteiger partial charge in [0.05, 0.1) is 0 Å². The van der Waals surface area contributed by atoms with Crippen LogP contribution < -0.4 is 15.4 Å². The van der Waals surface area contributed by atoms with Gasteiger partial charge in [0.1, 0.15) is 17.5 Å². The van der Waals surface area contributed by atoms with Crippen LogP contribution in [0.4, 0.5) is 5.69 Å². The number of rotatable bonds is 6. The minimum atomic E-state index is -0.541. The second kappa shape index (κ2) is 8.61. The van der Waals surface area contributed by atoms with Gasteiger partial charge in [-0.3, -0.25) is 4.79 Å². The van der Waals surface area contributed by atoms with Crippen molar-refractivity contribution in [3.63, 3.8) is 0 Å². The minimum absolute atomic E-state index is 0.0896. The molecule has 4 heteroatoms. The molecule has 0 bridgehead atoms. The summed E-state index contributed by atoms with van der Waals surface area (Å²) in [7, 11) is 0. The van der Waals surface area contributed by atoms with E-state index >= 15 is 0 Å². The van der Waals surface area contributed by atoms with Crippen molar-refractivity contribution in [1.29, 1.82) is 0 Å². The molecule has 0 aliphatic rings. The van der Waals surface area contributed by atoms with E-state index in [1.165, 1.54) is 0 Å². The summed E-state index contributed by atoms with van der Waals surface area (Å²) in [6.45, 7) is 5.91. The third-order valence-electron chi connectivity index (χ3n) is 4.02. The van der Waals surface area contributed by atoms with E-state index in [4.69, 9.17) is 4.74 Å². The van der Waals surface area contributed by atoms with Crippen molar-refractivity contribution in [3.05, 3.63) is 90.5 Å². The molecule has 28 heavy (non-hydrogen) atoms. The fraction of sp³-hybridized carbons (Fsp3) is 0.208. The molecule has 1 amide bonds. The van der Waals surface area contributed by atoms with Gasteiger partial charge < -0.3 is 15.4 Å². The molecular weight excluding hydrogens is 348 g/mol. The summed E-state index contributed by atoms with van der Waals surface area (Å²) in [5.74, 6) is 1.35. The lowest BCUT2D eigenvalue weighted by molar-refractivity contribution is -0.123. The van der Waals surface area contributed by atoms with Crippen LogP contribution in [0.15, 0.2) is 84.9 Å². The highest BCUT2D eigenvalue weighted by Crippen LogP contribution is 2.27. The molecule has 0 fully saturated rings. The molecule has 0 aliphatic heterocycles. The smallest absolute Gasteiger partial charge is 0.247 e. The lowest BCUT2D eigenvalue weighted by Gasteiger charge is -2.26. The Morgan fingerprint density at radius 2 is 1.43 bits per heavy atom. The number of nitrogens with one attached hydrogen (secondary N) is 2. The number of amides is 1. The second-order valence-electron chi connectivity index (χ2n) is 7.67. The summed E-state index contributed by atoms with van der Waals surface area (Å²) in [5, 5.41) is 6.41. The Hall–Kier alpha value is -3.27. The molecular formula is C24H26N2O2. The van der Waals surface area contributed by atoms with Crippen molar-refractivity contribution < 1.29 is 9.53 Å². The number of para-hydroxylation sites is 2. The predicted octanol–water partition coefficient (Wildman–Crippen LogP) is 5.55. The Kier molecular flexibility index (Phi) is 5.99. The highest BCUT2D eigenvalue weighted by Gasteiger charge is 2.25. The zero-order valence-electron chi connectivity index (χ0n) is 16.5. The molecule has 0 heterocycles. The molecule has 144 valence electrons. The van der Waals surface area contributed by atoms with Gasteiger partial charge in [0.15, 0.2) is 0 Å². The highest BCUT2D eigenvalue weighted by atomic mass is 16.5. The van der Waals surface area contributed by atoms with E-state index < -0.39 is 6.04 Å². The summed E-state index contributed by atoms with van der Waals surface area (Å²) < 4.78 is 5.94. The maximum absolute atomic E-state index is 13.0. The Morgan fingerprint density at radius 3 is 2.07 bits per heavy atom. The zero-order chi connectivity index (χ0) is 20.0. The molecule has 3 aromatic carbocycles. The van der Waals surface area contributed by atoms with Gasteiger partial charge in [-0.25, -0.2) is 0 Å². The van der Waals surface area contributed by atoms with E-state index in [1.807, 2.05) is 106 Å². The molecule has 0 aliphatic carbocycles. The fourth-order valence-corrected chi connectivity index (χ4v) is 2.83. The molecule has 3 aromatic rings. The van der Waals surface area contributed by atoms with Crippen LogP contribution in [0.25, 0.3) is 0 Å². The molecule has 3 rings (SSSR count). The number of hydrogen-bond acceptors (Lipinski definition) is 3. The topological polar surface area (TPSA) is 50.4 Å². The molecule has 2 N–H and O–H groups in total. The van der Waals surface area contributed by atoms with Crippen LogP contribution >= 0.6 is 0 Å². The lowest BCUT2D eigenvalue weighted by Crippen LogP contribution is -2.44. The van der Waals surface area contributed by atoms with Crippen LogP contribution in [0.2, 0.25) is 0 Å². The van der Waals surface area contributed by atoms with Crippen molar-refractivity contribution >= 4 is 11.6 Å². The minimum Gasteiger partial charge on any atom is -0.457 e. The standard InChI is InChI=1S/C24H26N2O2/c1-24(2,3)26-23(27)22(25-19-12-6-4-7-13-19)18-11-10-16-21(17-18)28-20-14-8-5-9-15-20/h4-17,22,25H,1-3H3,(H,26,27). The van der Waals surface area contributed by atoms with Crippen LogP contribution in [0, 0.1) is 0 Å². The number of carbonyl (C=O) groups is 1. The van der Waals surface area contributed by atoms with Crippen LogP contribution in [0.5, 0.6) is 11.5 Å². The van der Waals surface area contributed by atoms with E-state index in [0.29, 0.717) is 5.75 Å². The normalized spacial score (nSPS) is 12.1. The first-order valence-electron chi connectivity index (χ1n) is 9.37. The van der Waals surface area contributed by atoms with Gasteiger partial charge in [-0.15, -0.1) is 0 Å². The molecule has 0 saturated carbocycles. The SMILES string of the molecule is CC(C)(C)NC(=O)C(Nc1ccccc1)c1cccc(Oc2ccccc2)c1. The van der Waals surface area contributed by atoms with Crippen molar-refractivity contribution in [3.8, 4) is 11.5 Å². The van der Waals surface area contributed by atoms with E-state index in [2.05, 4.69) is 10.6 Å². The van der Waals surface area contributed by atoms with Crippen molar-refractivity contribution in [2.45, 2.75) is 32.4 Å². The van der Waals surface area contributed by atoms with E-state index in [9.17, 15) is 4.79 Å². The number of carbonyl (C=O) groups excluding carboxylic acids is 1. The average molecular weight is 374 g/mol. The number of benzene rings is 3. The van der Waals surface area contributed by atoms with Crippen LogP contribution in [0.1, 0.15) is 32.4 Å². The number of ether oxygens (including phenoxy) is 1. The monoisotopic (exact) mass is 374 g/mol. The van der Waals surface area contributed by atoms with Gasteiger partial charge in [0.25, 0.3) is 0 Å². The molecule has 1 unspecified atom stereocenters. The largest absolute Gasteiger partial charge is 0.457 e. The second-order valence-corrected chi connectivity index (χ2v) is 7.67. The van der Waals surface area contributed by atoms with Gasteiger partial charge in [0.2, 0.25) is 5.91 Å². The maximum Gasteiger partial charge on any atom is 0.247 e. The van der Waals surface area contributed by atoms with Crippen LogP contribution in [-0.2, 0) is 4.79 Å². The summed E-state index contributed by atoms with van der Waals surface area (Å²) in [6.07, 6.45) is 0. The summed E-state index contributed by atoms with van der Waals surface area (Å²) in [4.78, 5) is 13.0. The van der Waals surface area contributed by atoms with Gasteiger partial charge in [-0.1, -0.05) is 48.5 Å². The third-order valence-corrected chi connectivity index (χ3v) is 4.02. The first-order valence-corrected chi connectivity index (χ1v) is 9.37. The van der Waals surface area contributed by atoms with Crippen molar-refractivity contribution in [2.75, 3.05) is 5.32 Å². The molecule has 0 radical (unpaired) electrons. The van der Waals surface area contributed by atoms with Gasteiger partial charge in [-0.05, 0) is 62.7 Å². The number of hydrogen-bond donors (Lipinski definition) is 2.